The van der Waals surface area contributed by atoms with Gasteiger partial charge in [0, 0.05) is 11.3 Å². The number of para-hydroxylation sites is 1. The molecule has 0 saturated carbocycles. The first-order valence-corrected chi connectivity index (χ1v) is 9.38. The van der Waals surface area contributed by atoms with Gasteiger partial charge >= 0.3 is 5.97 Å². The van der Waals surface area contributed by atoms with E-state index >= 15 is 0 Å². The molecule has 0 fully saturated rings. The maximum absolute atomic E-state index is 12.6. The second kappa shape index (κ2) is 6.87. The highest BCUT2D eigenvalue weighted by molar-refractivity contribution is 7.16. The normalized spacial score (nSPS) is 19.0. The van der Waals surface area contributed by atoms with E-state index in [1.54, 1.807) is 12.1 Å². The second-order valence-corrected chi connectivity index (χ2v) is 7.42. The van der Waals surface area contributed by atoms with Crippen LogP contribution in [0.2, 0.25) is 0 Å². The zero-order valence-electron chi connectivity index (χ0n) is 14.0. The van der Waals surface area contributed by atoms with Crippen molar-refractivity contribution in [1.82, 2.24) is 4.98 Å². The van der Waals surface area contributed by atoms with Crippen molar-refractivity contribution in [3.8, 4) is 0 Å². The Morgan fingerprint density at radius 1 is 1.19 bits per heavy atom. The largest absolute Gasteiger partial charge is 0.480 e. The predicted molar refractivity (Wildman–Crippen MR) is 99.8 cm³/mol. The van der Waals surface area contributed by atoms with Crippen LogP contribution in [0.3, 0.4) is 0 Å². The van der Waals surface area contributed by atoms with Gasteiger partial charge in [0.05, 0.1) is 11.4 Å². The number of hydrogen-bond donors (Lipinski definition) is 2. The summed E-state index contributed by atoms with van der Waals surface area (Å²) in [6.45, 7) is 0. The maximum Gasteiger partial charge on any atom is 0.328 e. The molecule has 1 aliphatic heterocycles. The highest BCUT2D eigenvalue weighted by Crippen LogP contribution is 2.30. The summed E-state index contributed by atoms with van der Waals surface area (Å²) in [4.78, 5) is 29.9. The molecule has 7 nitrogen and oxygen atoms in total. The summed E-state index contributed by atoms with van der Waals surface area (Å²) < 4.78 is 0. The number of carboxylic acid groups (broad SMARTS) is 1. The predicted octanol–water partition coefficient (Wildman–Crippen LogP) is 2.68. The highest BCUT2D eigenvalue weighted by atomic mass is 32.1. The van der Waals surface area contributed by atoms with Crippen molar-refractivity contribution in [3.63, 3.8) is 0 Å². The van der Waals surface area contributed by atoms with Crippen LogP contribution in [0.4, 0.5) is 10.8 Å². The number of fused-ring (bicyclic) bond motifs is 1. The molecule has 4 rings (SSSR count). The van der Waals surface area contributed by atoms with Gasteiger partial charge in [-0.25, -0.2) is 9.78 Å². The van der Waals surface area contributed by atoms with E-state index < -0.39 is 12.0 Å². The van der Waals surface area contributed by atoms with Crippen molar-refractivity contribution in [2.45, 2.75) is 38.1 Å². The lowest BCUT2D eigenvalue weighted by atomic mass is 10.0. The van der Waals surface area contributed by atoms with Crippen LogP contribution >= 0.6 is 11.3 Å². The van der Waals surface area contributed by atoms with Gasteiger partial charge < -0.3 is 5.11 Å². The van der Waals surface area contributed by atoms with Gasteiger partial charge in [0.2, 0.25) is 0 Å². The van der Waals surface area contributed by atoms with Crippen molar-refractivity contribution < 1.29 is 14.7 Å². The average Bonchev–Trinajstić information content (AvgIpc) is 3.26. The Kier molecular flexibility index (Phi) is 4.42. The van der Waals surface area contributed by atoms with Crippen LogP contribution in [0, 0.1) is 0 Å². The van der Waals surface area contributed by atoms with E-state index in [-0.39, 0.29) is 18.0 Å². The number of carbonyl (C=O) groups excluding carboxylic acids is 1. The van der Waals surface area contributed by atoms with Crippen molar-refractivity contribution >= 4 is 39.7 Å². The zero-order valence-corrected chi connectivity index (χ0v) is 14.8. The summed E-state index contributed by atoms with van der Waals surface area (Å²) in [6.07, 6.45) is 4.30. The summed E-state index contributed by atoms with van der Waals surface area (Å²) in [5.41, 5.74) is 1.92. The summed E-state index contributed by atoms with van der Waals surface area (Å²) in [6, 6.07) is 8.12. The van der Waals surface area contributed by atoms with Gasteiger partial charge in [-0.05, 0) is 37.8 Å². The quantitative estimate of drug-likeness (QED) is 0.863. The Morgan fingerprint density at radius 3 is 2.69 bits per heavy atom. The van der Waals surface area contributed by atoms with Gasteiger partial charge in [-0.3, -0.25) is 15.1 Å². The summed E-state index contributed by atoms with van der Waals surface area (Å²) in [5, 5.41) is 18.5. The fraction of sp³-hybridized carbons (Fsp3) is 0.333. The molecule has 0 radical (unpaired) electrons. The fourth-order valence-corrected chi connectivity index (χ4v) is 4.28. The van der Waals surface area contributed by atoms with Crippen LogP contribution in [0.1, 0.15) is 29.8 Å². The van der Waals surface area contributed by atoms with Crippen molar-refractivity contribution in [2.24, 2.45) is 5.10 Å². The molecular weight excluding hydrogens is 352 g/mol. The Hall–Kier alpha value is -2.74. The molecule has 2 aromatic rings. The van der Waals surface area contributed by atoms with Crippen LogP contribution in [-0.4, -0.2) is 33.7 Å². The number of carbonyl (C=O) groups is 2. The van der Waals surface area contributed by atoms with Gasteiger partial charge in [-0.15, -0.1) is 11.3 Å². The number of hydrogen-bond acceptors (Lipinski definition) is 6. The highest BCUT2D eigenvalue weighted by Gasteiger charge is 2.36. The molecule has 1 atom stereocenters. The van der Waals surface area contributed by atoms with Gasteiger partial charge in [0.1, 0.15) is 5.71 Å². The molecule has 0 saturated heterocycles. The van der Waals surface area contributed by atoms with E-state index in [0.29, 0.717) is 10.8 Å². The first-order valence-electron chi connectivity index (χ1n) is 8.56. The molecule has 1 aromatic heterocycles. The number of thiazole rings is 1. The van der Waals surface area contributed by atoms with Gasteiger partial charge in [0.25, 0.3) is 5.91 Å². The lowest BCUT2D eigenvalue weighted by molar-refractivity contribution is -0.138. The number of rotatable bonds is 4. The molecule has 1 aliphatic carbocycles. The molecule has 2 heterocycles. The van der Waals surface area contributed by atoms with E-state index in [2.05, 4.69) is 15.4 Å². The topological polar surface area (TPSA) is 94.9 Å². The van der Waals surface area contributed by atoms with Crippen LogP contribution in [-0.2, 0) is 22.4 Å². The number of nitrogens with zero attached hydrogens (tertiary/aromatic N) is 3. The van der Waals surface area contributed by atoms with Gasteiger partial charge in [-0.2, -0.15) is 5.10 Å². The molecule has 0 bridgehead atoms. The number of aryl methyl sites for hydroxylation is 2. The number of benzene rings is 1. The van der Waals surface area contributed by atoms with Crippen molar-refractivity contribution in [1.29, 1.82) is 0 Å². The number of aromatic nitrogens is 1. The Bertz CT molecular complexity index is 854. The fourth-order valence-electron chi connectivity index (χ4n) is 3.23. The summed E-state index contributed by atoms with van der Waals surface area (Å²) in [7, 11) is 0. The SMILES string of the molecule is O=C(Nc1nc2c(s1)CCCC2)C1=NN(c2ccccc2)C(C(=O)O)C1. The molecule has 1 amide bonds. The number of anilines is 2. The lowest BCUT2D eigenvalue weighted by Crippen LogP contribution is -2.34. The van der Waals surface area contributed by atoms with E-state index in [0.717, 1.165) is 31.4 Å². The summed E-state index contributed by atoms with van der Waals surface area (Å²) >= 11 is 1.50. The van der Waals surface area contributed by atoms with Gasteiger partial charge in [-0.1, -0.05) is 18.2 Å². The standard InChI is InChI=1S/C18H18N4O3S/c23-16(20-18-19-12-8-4-5-9-15(12)26-18)13-10-14(17(24)25)22(21-13)11-6-2-1-3-7-11/h1-3,6-7,14H,4-5,8-10H2,(H,24,25)(H,19,20,23). The third-order valence-corrected chi connectivity index (χ3v) is 5.62. The minimum absolute atomic E-state index is 0.0567. The monoisotopic (exact) mass is 370 g/mol. The van der Waals surface area contributed by atoms with E-state index in [1.165, 1.54) is 21.2 Å². The Balaban J connectivity index is 1.53. The third kappa shape index (κ3) is 3.20. The van der Waals surface area contributed by atoms with Crippen LogP contribution in [0.25, 0.3) is 0 Å². The average molecular weight is 370 g/mol. The Morgan fingerprint density at radius 2 is 1.96 bits per heavy atom. The van der Waals surface area contributed by atoms with Crippen molar-refractivity contribution in [2.75, 3.05) is 10.3 Å². The molecule has 2 aliphatic rings. The van der Waals surface area contributed by atoms with Gasteiger partial charge in [0.15, 0.2) is 11.2 Å². The minimum atomic E-state index is -1.01. The smallest absolute Gasteiger partial charge is 0.328 e. The third-order valence-electron chi connectivity index (χ3n) is 4.54. The minimum Gasteiger partial charge on any atom is -0.480 e. The number of aliphatic carboxylic acids is 1. The molecule has 2 N–H and O–H groups in total. The maximum atomic E-state index is 12.6. The van der Waals surface area contributed by atoms with Crippen LogP contribution in [0.5, 0.6) is 0 Å². The molecule has 134 valence electrons. The second-order valence-electron chi connectivity index (χ2n) is 6.34. The number of hydrazone groups is 1. The number of carboxylic acids is 1. The molecule has 26 heavy (non-hydrogen) atoms. The van der Waals surface area contributed by atoms with E-state index in [1.807, 2.05) is 18.2 Å². The lowest BCUT2D eigenvalue weighted by Gasteiger charge is -2.19. The molecule has 1 aromatic carbocycles. The molecule has 1 unspecified atom stereocenters. The van der Waals surface area contributed by atoms with Crippen molar-refractivity contribution in [3.05, 3.63) is 40.9 Å². The van der Waals surface area contributed by atoms with Crippen LogP contribution in [0.15, 0.2) is 35.4 Å². The van der Waals surface area contributed by atoms with E-state index in [9.17, 15) is 14.7 Å². The Labute approximate surface area is 154 Å². The number of nitrogens with one attached hydrogen (secondary N) is 1. The number of amides is 1. The van der Waals surface area contributed by atoms with E-state index in [4.69, 9.17) is 0 Å². The first kappa shape index (κ1) is 16.7. The summed E-state index contributed by atoms with van der Waals surface area (Å²) in [5.74, 6) is -1.40. The molecular formula is C18H18N4O3S. The first-order chi connectivity index (χ1) is 12.6. The molecule has 0 spiro atoms. The zero-order chi connectivity index (χ0) is 18.1. The molecule has 8 heteroatoms. The van der Waals surface area contributed by atoms with Crippen LogP contribution < -0.4 is 10.3 Å².